The Morgan fingerprint density at radius 2 is 1.16 bits per heavy atom. The van der Waals surface area contributed by atoms with Gasteiger partial charge in [-0.15, -0.1) is 0 Å². The average molecular weight is 565 g/mol. The molecule has 1 aliphatic carbocycles. The van der Waals surface area contributed by atoms with Gasteiger partial charge in [-0.3, -0.25) is 4.79 Å². The Labute approximate surface area is 254 Å². The lowest BCUT2D eigenvalue weighted by Crippen LogP contribution is -2.14. The van der Waals surface area contributed by atoms with Gasteiger partial charge in [0.25, 0.3) is 0 Å². The van der Waals surface area contributed by atoms with E-state index in [2.05, 4.69) is 117 Å². The minimum atomic E-state index is -0.110. The molecule has 0 bridgehead atoms. The van der Waals surface area contributed by atoms with E-state index in [1.54, 1.807) is 0 Å². The molecule has 7 aromatic carbocycles. The SMILES string of the molecule is CC1(C)c2ccccc2-c2ccc(-c3cccc4c(=O)c5c(-c6ccc7c(ccc8ccccc87)c6)cccc5oc34)cc21. The molecule has 8 aromatic rings. The second-order valence-electron chi connectivity index (χ2n) is 12.4. The van der Waals surface area contributed by atoms with Crippen molar-refractivity contribution in [2.45, 2.75) is 19.3 Å². The van der Waals surface area contributed by atoms with Gasteiger partial charge < -0.3 is 4.42 Å². The highest BCUT2D eigenvalue weighted by atomic mass is 16.3. The van der Waals surface area contributed by atoms with Crippen LogP contribution < -0.4 is 5.43 Å². The summed E-state index contributed by atoms with van der Waals surface area (Å²) in [5.41, 5.74) is 10.2. The van der Waals surface area contributed by atoms with Gasteiger partial charge in [-0.05, 0) is 84.8 Å². The van der Waals surface area contributed by atoms with Crippen molar-refractivity contribution in [3.8, 4) is 33.4 Å². The van der Waals surface area contributed by atoms with Crippen molar-refractivity contribution < 1.29 is 4.42 Å². The highest BCUT2D eigenvalue weighted by molar-refractivity contribution is 6.10. The van der Waals surface area contributed by atoms with Crippen LogP contribution in [0.4, 0.5) is 0 Å². The summed E-state index contributed by atoms with van der Waals surface area (Å²) in [6.45, 7) is 4.57. The normalized spacial score (nSPS) is 13.5. The van der Waals surface area contributed by atoms with Crippen molar-refractivity contribution in [1.29, 1.82) is 0 Å². The summed E-state index contributed by atoms with van der Waals surface area (Å²) < 4.78 is 6.65. The van der Waals surface area contributed by atoms with Gasteiger partial charge in [-0.25, -0.2) is 0 Å². The molecule has 0 N–H and O–H groups in total. The maximum Gasteiger partial charge on any atom is 0.201 e. The second kappa shape index (κ2) is 9.02. The molecule has 0 spiro atoms. The Hall–Kier alpha value is -5.47. The monoisotopic (exact) mass is 564 g/mol. The molecule has 0 saturated carbocycles. The Kier molecular flexibility index (Phi) is 5.14. The largest absolute Gasteiger partial charge is 0.455 e. The number of benzene rings is 7. The minimum Gasteiger partial charge on any atom is -0.455 e. The summed E-state index contributed by atoms with van der Waals surface area (Å²) in [4.78, 5) is 14.3. The van der Waals surface area contributed by atoms with Crippen LogP contribution in [0.25, 0.3) is 76.9 Å². The molecule has 2 heteroatoms. The zero-order valence-corrected chi connectivity index (χ0v) is 24.5. The van der Waals surface area contributed by atoms with Crippen molar-refractivity contribution >= 4 is 43.5 Å². The van der Waals surface area contributed by atoms with E-state index >= 15 is 0 Å². The fraction of sp³-hybridized carbons (Fsp3) is 0.0714. The molecule has 0 aliphatic heterocycles. The molecule has 0 amide bonds. The van der Waals surface area contributed by atoms with Gasteiger partial charge >= 0.3 is 0 Å². The average Bonchev–Trinajstić information content (AvgIpc) is 3.29. The van der Waals surface area contributed by atoms with E-state index < -0.39 is 0 Å². The van der Waals surface area contributed by atoms with Gasteiger partial charge in [-0.1, -0.05) is 123 Å². The molecule has 9 rings (SSSR count). The van der Waals surface area contributed by atoms with Gasteiger partial charge in [0.15, 0.2) is 0 Å². The van der Waals surface area contributed by atoms with Crippen molar-refractivity contribution in [2.75, 3.05) is 0 Å². The summed E-state index contributed by atoms with van der Waals surface area (Å²) in [7, 11) is 0. The fourth-order valence-corrected chi connectivity index (χ4v) is 7.44. The molecule has 208 valence electrons. The second-order valence-corrected chi connectivity index (χ2v) is 12.4. The highest BCUT2D eigenvalue weighted by Crippen LogP contribution is 2.49. The summed E-state index contributed by atoms with van der Waals surface area (Å²) in [5.74, 6) is 0. The van der Waals surface area contributed by atoms with Gasteiger partial charge in [0, 0.05) is 11.0 Å². The van der Waals surface area contributed by atoms with Crippen LogP contribution in [0.2, 0.25) is 0 Å². The molecule has 0 atom stereocenters. The maximum absolute atomic E-state index is 14.3. The first kappa shape index (κ1) is 25.1. The van der Waals surface area contributed by atoms with Gasteiger partial charge in [-0.2, -0.15) is 0 Å². The highest BCUT2D eigenvalue weighted by Gasteiger charge is 2.35. The number of hydrogen-bond acceptors (Lipinski definition) is 2. The number of para-hydroxylation sites is 1. The zero-order chi connectivity index (χ0) is 29.6. The van der Waals surface area contributed by atoms with Crippen LogP contribution in [-0.4, -0.2) is 0 Å². The Balaban J connectivity index is 1.23. The van der Waals surface area contributed by atoms with Crippen LogP contribution in [0.5, 0.6) is 0 Å². The molecule has 0 radical (unpaired) electrons. The van der Waals surface area contributed by atoms with Crippen LogP contribution >= 0.6 is 0 Å². The minimum absolute atomic E-state index is 0.00814. The predicted molar refractivity (Wildman–Crippen MR) is 183 cm³/mol. The third-order valence-electron chi connectivity index (χ3n) is 9.68. The summed E-state index contributed by atoms with van der Waals surface area (Å²) in [6.07, 6.45) is 0. The molecule has 0 saturated heterocycles. The molecule has 2 nitrogen and oxygen atoms in total. The Morgan fingerprint density at radius 1 is 0.500 bits per heavy atom. The summed E-state index contributed by atoms with van der Waals surface area (Å²) in [5, 5.41) is 6.01. The van der Waals surface area contributed by atoms with Crippen LogP contribution in [0.15, 0.2) is 143 Å². The first-order valence-corrected chi connectivity index (χ1v) is 15.1. The topological polar surface area (TPSA) is 30.2 Å². The lowest BCUT2D eigenvalue weighted by atomic mass is 9.81. The lowest BCUT2D eigenvalue weighted by molar-refractivity contribution is 0.658. The van der Waals surface area contributed by atoms with E-state index in [0.29, 0.717) is 21.9 Å². The van der Waals surface area contributed by atoms with E-state index in [9.17, 15) is 4.79 Å². The lowest BCUT2D eigenvalue weighted by Gasteiger charge is -2.22. The van der Waals surface area contributed by atoms with Crippen LogP contribution in [0.3, 0.4) is 0 Å². The van der Waals surface area contributed by atoms with E-state index in [1.165, 1.54) is 38.4 Å². The van der Waals surface area contributed by atoms with Crippen molar-refractivity contribution in [2.24, 2.45) is 0 Å². The quantitative estimate of drug-likeness (QED) is 0.154. The predicted octanol–water partition coefficient (Wildman–Crippen LogP) is 10.9. The first-order valence-electron chi connectivity index (χ1n) is 15.1. The molecule has 0 unspecified atom stereocenters. The molecule has 1 aliphatic rings. The van der Waals surface area contributed by atoms with Gasteiger partial charge in [0.2, 0.25) is 5.43 Å². The smallest absolute Gasteiger partial charge is 0.201 e. The molecule has 1 aromatic heterocycles. The van der Waals surface area contributed by atoms with Gasteiger partial charge in [0.1, 0.15) is 11.2 Å². The summed E-state index contributed by atoms with van der Waals surface area (Å²) >= 11 is 0. The number of rotatable bonds is 2. The standard InChI is InChI=1S/C42H28O2/c1-42(2)36-15-6-5-11-33(36)34-22-20-28(24-37(34)42)32-13-7-14-35-40(43)39-31(12-8-16-38(39)44-41(32)35)27-19-21-30-26(23-27)18-17-25-9-3-4-10-29(25)30/h3-24H,1-2H3. The van der Waals surface area contributed by atoms with Crippen molar-refractivity contribution in [3.05, 3.63) is 155 Å². The van der Waals surface area contributed by atoms with E-state index in [0.717, 1.165) is 27.6 Å². The van der Waals surface area contributed by atoms with Crippen molar-refractivity contribution in [1.82, 2.24) is 0 Å². The molecular formula is C42H28O2. The number of hydrogen-bond donors (Lipinski definition) is 0. The maximum atomic E-state index is 14.3. The van der Waals surface area contributed by atoms with Crippen LogP contribution in [0, 0.1) is 0 Å². The fourth-order valence-electron chi connectivity index (χ4n) is 7.44. The molecular weight excluding hydrogens is 536 g/mol. The third-order valence-corrected chi connectivity index (χ3v) is 9.68. The Bertz CT molecular complexity index is 2550. The zero-order valence-electron chi connectivity index (χ0n) is 24.5. The first-order chi connectivity index (χ1) is 21.5. The summed E-state index contributed by atoms with van der Waals surface area (Å²) in [6, 6.07) is 46.4. The van der Waals surface area contributed by atoms with E-state index in [4.69, 9.17) is 4.42 Å². The van der Waals surface area contributed by atoms with Gasteiger partial charge in [0.05, 0.1) is 10.8 Å². The van der Waals surface area contributed by atoms with E-state index in [-0.39, 0.29) is 10.8 Å². The van der Waals surface area contributed by atoms with E-state index in [1.807, 2.05) is 30.3 Å². The molecule has 0 fully saturated rings. The van der Waals surface area contributed by atoms with Crippen molar-refractivity contribution in [3.63, 3.8) is 0 Å². The molecule has 44 heavy (non-hydrogen) atoms. The van der Waals surface area contributed by atoms with Crippen LogP contribution in [0.1, 0.15) is 25.0 Å². The number of fused-ring (bicyclic) bond motifs is 8. The molecule has 1 heterocycles. The van der Waals surface area contributed by atoms with Crippen LogP contribution in [-0.2, 0) is 5.41 Å². The Morgan fingerprint density at radius 3 is 2.09 bits per heavy atom. The third kappa shape index (κ3) is 3.46.